The number of nitrogens with zero attached hydrogens (tertiary/aromatic N) is 1. The number of hydrogen-bond donors (Lipinski definition) is 2. The van der Waals surface area contributed by atoms with Gasteiger partial charge in [0.15, 0.2) is 11.5 Å². The van der Waals surface area contributed by atoms with E-state index in [1.807, 2.05) is 19.1 Å². The molecule has 2 aromatic carbocycles. The number of carbonyl (C=O) groups is 2. The van der Waals surface area contributed by atoms with E-state index < -0.39 is 17.7 Å². The van der Waals surface area contributed by atoms with E-state index in [9.17, 15) is 19.8 Å². The molecule has 1 aliphatic heterocycles. The molecule has 7 nitrogen and oxygen atoms in total. The van der Waals surface area contributed by atoms with Crippen molar-refractivity contribution in [2.24, 2.45) is 0 Å². The van der Waals surface area contributed by atoms with E-state index in [2.05, 4.69) is 0 Å². The van der Waals surface area contributed by atoms with E-state index >= 15 is 0 Å². The molecule has 158 valence electrons. The molecule has 1 fully saturated rings. The number of Topliss-reactive ketones (excluding diaryl/α,β-unsaturated/α-hetero) is 1. The molecule has 1 atom stereocenters. The van der Waals surface area contributed by atoms with Gasteiger partial charge in [-0.1, -0.05) is 35.9 Å². The van der Waals surface area contributed by atoms with Gasteiger partial charge in [0, 0.05) is 19.2 Å². The van der Waals surface area contributed by atoms with Crippen LogP contribution in [0.2, 0.25) is 0 Å². The van der Waals surface area contributed by atoms with Crippen LogP contribution in [0.5, 0.6) is 11.5 Å². The summed E-state index contributed by atoms with van der Waals surface area (Å²) < 4.78 is 10.6. The summed E-state index contributed by atoms with van der Waals surface area (Å²) in [7, 11) is 1.51. The molecule has 0 bridgehead atoms. The largest absolute Gasteiger partial charge is 0.507 e. The number of aromatic hydroxyl groups is 1. The number of aliphatic hydroxyl groups is 1. The van der Waals surface area contributed by atoms with Gasteiger partial charge in [0.1, 0.15) is 5.76 Å². The molecule has 0 aliphatic carbocycles. The van der Waals surface area contributed by atoms with Gasteiger partial charge in [-0.3, -0.25) is 9.59 Å². The Kier molecular flexibility index (Phi) is 6.42. The van der Waals surface area contributed by atoms with Crippen molar-refractivity contribution in [3.63, 3.8) is 0 Å². The number of carbonyl (C=O) groups excluding carboxylic acids is 2. The number of phenolic OH excluding ortho intramolecular Hbond substituents is 1. The highest BCUT2D eigenvalue weighted by atomic mass is 16.5. The molecule has 0 radical (unpaired) electrons. The summed E-state index contributed by atoms with van der Waals surface area (Å²) in [5.74, 6) is -1.53. The second kappa shape index (κ2) is 9.00. The molecule has 2 aromatic rings. The second-order valence-electron chi connectivity index (χ2n) is 7.01. The van der Waals surface area contributed by atoms with Gasteiger partial charge in [-0.15, -0.1) is 0 Å². The number of rotatable bonds is 7. The number of ketones is 1. The highest BCUT2D eigenvalue weighted by molar-refractivity contribution is 6.46. The van der Waals surface area contributed by atoms with Gasteiger partial charge in [0.25, 0.3) is 11.7 Å². The summed E-state index contributed by atoms with van der Waals surface area (Å²) in [4.78, 5) is 27.0. The summed E-state index contributed by atoms with van der Waals surface area (Å²) in [6.45, 7) is 4.43. The Balaban J connectivity index is 2.17. The molecule has 0 spiro atoms. The second-order valence-corrected chi connectivity index (χ2v) is 7.01. The molecule has 1 aliphatic rings. The third-order valence-corrected chi connectivity index (χ3v) is 5.00. The first kappa shape index (κ1) is 21.4. The van der Waals surface area contributed by atoms with E-state index in [4.69, 9.17) is 9.47 Å². The van der Waals surface area contributed by atoms with E-state index in [0.717, 1.165) is 5.56 Å². The van der Waals surface area contributed by atoms with Gasteiger partial charge in [-0.2, -0.15) is 0 Å². The first-order valence-electron chi connectivity index (χ1n) is 9.69. The molecule has 7 heteroatoms. The SMILES string of the molecule is CCOc1cc([C@H]2C(=C(O)c3ccc(C)cc3)C(=O)C(=O)N2CCOC)ccc1O. The number of ether oxygens (including phenoxy) is 2. The molecule has 1 saturated heterocycles. The lowest BCUT2D eigenvalue weighted by Gasteiger charge is -2.25. The van der Waals surface area contributed by atoms with Gasteiger partial charge >= 0.3 is 0 Å². The van der Waals surface area contributed by atoms with Crippen LogP contribution in [0.3, 0.4) is 0 Å². The number of aryl methyl sites for hydroxylation is 1. The van der Waals surface area contributed by atoms with Crippen molar-refractivity contribution in [3.8, 4) is 11.5 Å². The van der Waals surface area contributed by atoms with Crippen LogP contribution < -0.4 is 4.74 Å². The summed E-state index contributed by atoms with van der Waals surface area (Å²) in [6.07, 6.45) is 0. The maximum atomic E-state index is 12.9. The molecular formula is C23H25NO6. The summed E-state index contributed by atoms with van der Waals surface area (Å²) >= 11 is 0. The highest BCUT2D eigenvalue weighted by Crippen LogP contribution is 2.41. The van der Waals surface area contributed by atoms with Crippen LogP contribution in [-0.4, -0.2) is 53.7 Å². The van der Waals surface area contributed by atoms with Crippen LogP contribution in [0.15, 0.2) is 48.0 Å². The molecule has 3 rings (SSSR count). The molecule has 1 heterocycles. The summed E-state index contributed by atoms with van der Waals surface area (Å²) in [6, 6.07) is 10.8. The molecular weight excluding hydrogens is 386 g/mol. The predicted octanol–water partition coefficient (Wildman–Crippen LogP) is 3.17. The van der Waals surface area contributed by atoms with Crippen LogP contribution in [0.4, 0.5) is 0 Å². The van der Waals surface area contributed by atoms with Crippen molar-refractivity contribution in [2.45, 2.75) is 19.9 Å². The van der Waals surface area contributed by atoms with Crippen molar-refractivity contribution < 1.29 is 29.3 Å². The maximum absolute atomic E-state index is 12.9. The maximum Gasteiger partial charge on any atom is 0.295 e. The quantitative estimate of drug-likeness (QED) is 0.413. The fourth-order valence-electron chi connectivity index (χ4n) is 3.49. The lowest BCUT2D eigenvalue weighted by Crippen LogP contribution is -2.32. The minimum atomic E-state index is -0.832. The summed E-state index contributed by atoms with van der Waals surface area (Å²) in [5, 5.41) is 21.0. The Hall–Kier alpha value is -3.32. The van der Waals surface area contributed by atoms with E-state index in [1.165, 1.54) is 18.1 Å². The minimum absolute atomic E-state index is 0.00639. The molecule has 1 amide bonds. The number of aliphatic hydroxyl groups excluding tert-OH is 1. The first-order valence-corrected chi connectivity index (χ1v) is 9.69. The topological polar surface area (TPSA) is 96.3 Å². The number of phenols is 1. The molecule has 30 heavy (non-hydrogen) atoms. The normalized spacial score (nSPS) is 18.1. The van der Waals surface area contributed by atoms with Gasteiger partial charge in [-0.05, 0) is 31.5 Å². The number of hydrogen-bond acceptors (Lipinski definition) is 6. The van der Waals surface area contributed by atoms with Crippen LogP contribution in [0.25, 0.3) is 5.76 Å². The first-order chi connectivity index (χ1) is 14.4. The Morgan fingerprint density at radius 3 is 2.47 bits per heavy atom. The lowest BCUT2D eigenvalue weighted by atomic mass is 9.94. The smallest absolute Gasteiger partial charge is 0.295 e. The fourth-order valence-corrected chi connectivity index (χ4v) is 3.49. The lowest BCUT2D eigenvalue weighted by molar-refractivity contribution is -0.140. The Morgan fingerprint density at radius 1 is 1.13 bits per heavy atom. The van der Waals surface area contributed by atoms with Crippen LogP contribution in [0.1, 0.15) is 29.7 Å². The van der Waals surface area contributed by atoms with Gasteiger partial charge < -0.3 is 24.6 Å². The van der Waals surface area contributed by atoms with Crippen molar-refractivity contribution in [3.05, 3.63) is 64.7 Å². The zero-order valence-electron chi connectivity index (χ0n) is 17.2. The minimum Gasteiger partial charge on any atom is -0.507 e. The van der Waals surface area contributed by atoms with Gasteiger partial charge in [0.05, 0.1) is 24.8 Å². The number of likely N-dealkylation sites (tertiary alicyclic amines) is 1. The zero-order valence-corrected chi connectivity index (χ0v) is 17.2. The number of methoxy groups -OCH3 is 1. The van der Waals surface area contributed by atoms with E-state index in [-0.39, 0.29) is 36.0 Å². The fraction of sp³-hybridized carbons (Fsp3) is 0.304. The molecule has 0 aromatic heterocycles. The van der Waals surface area contributed by atoms with E-state index in [0.29, 0.717) is 17.7 Å². The zero-order chi connectivity index (χ0) is 21.8. The average molecular weight is 411 g/mol. The predicted molar refractivity (Wildman–Crippen MR) is 111 cm³/mol. The van der Waals surface area contributed by atoms with Crippen LogP contribution in [0, 0.1) is 6.92 Å². The van der Waals surface area contributed by atoms with Crippen LogP contribution >= 0.6 is 0 Å². The standard InChI is InChI=1S/C23H25NO6/c1-4-30-18-13-16(9-10-17(18)25)20-19(21(26)15-7-5-14(2)6-8-15)22(27)23(28)24(20)11-12-29-3/h5-10,13,20,25-26H,4,11-12H2,1-3H3/t20-/m0/s1. The number of benzene rings is 2. The van der Waals surface area contributed by atoms with Crippen molar-refractivity contribution in [2.75, 3.05) is 26.9 Å². The Bertz CT molecular complexity index is 980. The van der Waals surface area contributed by atoms with Crippen molar-refractivity contribution in [1.82, 2.24) is 4.90 Å². The molecule has 0 unspecified atom stereocenters. The molecule has 0 saturated carbocycles. The Labute approximate surface area is 175 Å². The van der Waals surface area contributed by atoms with Gasteiger partial charge in [0.2, 0.25) is 0 Å². The highest BCUT2D eigenvalue weighted by Gasteiger charge is 2.46. The van der Waals surface area contributed by atoms with E-state index in [1.54, 1.807) is 31.2 Å². The Morgan fingerprint density at radius 2 is 1.83 bits per heavy atom. The van der Waals surface area contributed by atoms with Crippen molar-refractivity contribution in [1.29, 1.82) is 0 Å². The summed E-state index contributed by atoms with van der Waals surface area (Å²) in [5.41, 5.74) is 1.98. The molecule has 2 N–H and O–H groups in total. The third-order valence-electron chi connectivity index (χ3n) is 5.00. The monoisotopic (exact) mass is 411 g/mol. The van der Waals surface area contributed by atoms with Crippen molar-refractivity contribution >= 4 is 17.4 Å². The third kappa shape index (κ3) is 4.02. The van der Waals surface area contributed by atoms with Gasteiger partial charge in [-0.25, -0.2) is 0 Å². The van der Waals surface area contributed by atoms with Crippen LogP contribution in [-0.2, 0) is 14.3 Å². The number of amides is 1. The average Bonchev–Trinajstić information content (AvgIpc) is 2.98.